The standard InChI is InChI=1S/C13H11BrClFN2/c1-7-4-5-18-10(6-7)13(17)8-2-3-9(14)11(15)12(8)16/h2-6,13H,17H2,1H3. The third-order valence-electron chi connectivity index (χ3n) is 2.66. The van der Waals surface area contributed by atoms with Crippen LogP contribution >= 0.6 is 27.5 Å². The first-order valence-corrected chi connectivity index (χ1v) is 6.49. The highest BCUT2D eigenvalue weighted by atomic mass is 79.9. The second-order valence-corrected chi connectivity index (χ2v) is 5.23. The second kappa shape index (κ2) is 5.34. The van der Waals surface area contributed by atoms with Gasteiger partial charge < -0.3 is 5.73 Å². The summed E-state index contributed by atoms with van der Waals surface area (Å²) in [4.78, 5) is 4.16. The molecule has 2 nitrogen and oxygen atoms in total. The monoisotopic (exact) mass is 328 g/mol. The Bertz CT molecular complexity index is 589. The average Bonchev–Trinajstić information content (AvgIpc) is 2.35. The summed E-state index contributed by atoms with van der Waals surface area (Å²) in [7, 11) is 0. The molecule has 0 saturated carbocycles. The van der Waals surface area contributed by atoms with Gasteiger partial charge in [-0.2, -0.15) is 0 Å². The van der Waals surface area contributed by atoms with Gasteiger partial charge >= 0.3 is 0 Å². The summed E-state index contributed by atoms with van der Waals surface area (Å²) < 4.78 is 14.5. The van der Waals surface area contributed by atoms with Crippen LogP contribution in [0.5, 0.6) is 0 Å². The van der Waals surface area contributed by atoms with Gasteiger partial charge in [-0.25, -0.2) is 4.39 Å². The summed E-state index contributed by atoms with van der Waals surface area (Å²) in [5.74, 6) is -0.512. The zero-order chi connectivity index (χ0) is 13.3. The van der Waals surface area contributed by atoms with Gasteiger partial charge in [0.05, 0.1) is 16.8 Å². The first-order chi connectivity index (χ1) is 8.50. The third-order valence-corrected chi connectivity index (χ3v) is 3.91. The minimum atomic E-state index is -0.629. The lowest BCUT2D eigenvalue weighted by Crippen LogP contribution is -2.15. The molecule has 0 aliphatic rings. The number of nitrogens with two attached hydrogens (primary N) is 1. The van der Waals surface area contributed by atoms with Crippen molar-refractivity contribution in [3.05, 3.63) is 62.6 Å². The van der Waals surface area contributed by atoms with Crippen LogP contribution in [-0.4, -0.2) is 4.98 Å². The number of hydrogen-bond donors (Lipinski definition) is 1. The van der Waals surface area contributed by atoms with E-state index < -0.39 is 11.9 Å². The van der Waals surface area contributed by atoms with Gasteiger partial charge in [-0.3, -0.25) is 4.98 Å². The smallest absolute Gasteiger partial charge is 0.148 e. The quantitative estimate of drug-likeness (QED) is 0.846. The predicted molar refractivity (Wildman–Crippen MR) is 74.1 cm³/mol. The van der Waals surface area contributed by atoms with E-state index >= 15 is 0 Å². The molecule has 0 spiro atoms. The van der Waals surface area contributed by atoms with E-state index in [2.05, 4.69) is 20.9 Å². The minimum absolute atomic E-state index is 0.0376. The van der Waals surface area contributed by atoms with Gasteiger partial charge in [0.25, 0.3) is 0 Å². The molecule has 0 aliphatic heterocycles. The zero-order valence-corrected chi connectivity index (χ0v) is 12.0. The largest absolute Gasteiger partial charge is 0.319 e. The van der Waals surface area contributed by atoms with E-state index in [1.807, 2.05) is 19.1 Å². The normalized spacial score (nSPS) is 12.5. The van der Waals surface area contributed by atoms with Gasteiger partial charge in [-0.1, -0.05) is 17.7 Å². The minimum Gasteiger partial charge on any atom is -0.319 e. The first-order valence-electron chi connectivity index (χ1n) is 5.32. The number of pyridine rings is 1. The number of hydrogen-bond acceptors (Lipinski definition) is 2. The zero-order valence-electron chi connectivity index (χ0n) is 9.62. The van der Waals surface area contributed by atoms with Gasteiger partial charge in [-0.05, 0) is 46.6 Å². The van der Waals surface area contributed by atoms with Crippen molar-refractivity contribution in [3.8, 4) is 0 Å². The molecular formula is C13H11BrClFN2. The Balaban J connectivity index is 2.46. The number of aryl methyl sites for hydroxylation is 1. The number of rotatable bonds is 2. The molecule has 0 bridgehead atoms. The van der Waals surface area contributed by atoms with Gasteiger partial charge in [-0.15, -0.1) is 0 Å². The van der Waals surface area contributed by atoms with E-state index in [0.717, 1.165) is 5.56 Å². The number of halogens is 3. The van der Waals surface area contributed by atoms with Crippen LogP contribution < -0.4 is 5.73 Å². The first kappa shape index (κ1) is 13.5. The van der Waals surface area contributed by atoms with Crippen LogP contribution in [0.4, 0.5) is 4.39 Å². The highest BCUT2D eigenvalue weighted by Gasteiger charge is 2.18. The molecule has 1 heterocycles. The Hall–Kier alpha value is -0.970. The van der Waals surface area contributed by atoms with Crippen molar-refractivity contribution >= 4 is 27.5 Å². The molecule has 5 heteroatoms. The fourth-order valence-electron chi connectivity index (χ4n) is 1.67. The molecule has 0 fully saturated rings. The Morgan fingerprint density at radius 1 is 1.39 bits per heavy atom. The van der Waals surface area contributed by atoms with Crippen LogP contribution in [0.1, 0.15) is 22.9 Å². The van der Waals surface area contributed by atoms with Crippen molar-refractivity contribution in [1.29, 1.82) is 0 Å². The lowest BCUT2D eigenvalue weighted by Gasteiger charge is -2.14. The fraction of sp³-hybridized carbons (Fsp3) is 0.154. The lowest BCUT2D eigenvalue weighted by atomic mass is 10.0. The van der Waals surface area contributed by atoms with Crippen LogP contribution in [-0.2, 0) is 0 Å². The van der Waals surface area contributed by atoms with Crippen LogP contribution in [0, 0.1) is 12.7 Å². The Labute approximate surface area is 118 Å². The summed E-state index contributed by atoms with van der Waals surface area (Å²) in [6.45, 7) is 1.93. The molecular weight excluding hydrogens is 319 g/mol. The molecule has 1 atom stereocenters. The van der Waals surface area contributed by atoms with E-state index in [1.54, 1.807) is 18.3 Å². The van der Waals surface area contributed by atoms with Gasteiger partial charge in [0, 0.05) is 16.2 Å². The van der Waals surface area contributed by atoms with Crippen molar-refractivity contribution in [2.75, 3.05) is 0 Å². The van der Waals surface area contributed by atoms with Crippen LogP contribution in [0.25, 0.3) is 0 Å². The summed E-state index contributed by atoms with van der Waals surface area (Å²) in [6, 6.07) is 6.35. The van der Waals surface area contributed by atoms with E-state index in [1.165, 1.54) is 0 Å². The molecule has 1 unspecified atom stereocenters. The highest BCUT2D eigenvalue weighted by molar-refractivity contribution is 9.10. The number of aromatic nitrogens is 1. The molecule has 2 N–H and O–H groups in total. The molecule has 0 aliphatic carbocycles. The second-order valence-electron chi connectivity index (χ2n) is 4.00. The Morgan fingerprint density at radius 3 is 2.78 bits per heavy atom. The van der Waals surface area contributed by atoms with Crippen molar-refractivity contribution in [1.82, 2.24) is 4.98 Å². The van der Waals surface area contributed by atoms with Gasteiger partial charge in [0.2, 0.25) is 0 Å². The summed E-state index contributed by atoms with van der Waals surface area (Å²) in [6.07, 6.45) is 1.66. The SMILES string of the molecule is Cc1ccnc(C(N)c2ccc(Br)c(Cl)c2F)c1. The molecule has 94 valence electrons. The van der Waals surface area contributed by atoms with Crippen molar-refractivity contribution in [3.63, 3.8) is 0 Å². The third kappa shape index (κ3) is 2.55. The molecule has 2 aromatic rings. The predicted octanol–water partition coefficient (Wildman–Crippen LogP) is 3.99. The molecule has 18 heavy (non-hydrogen) atoms. The Morgan fingerprint density at radius 2 is 2.11 bits per heavy atom. The van der Waals surface area contributed by atoms with E-state index in [0.29, 0.717) is 15.7 Å². The Kier molecular flexibility index (Phi) is 4.00. The lowest BCUT2D eigenvalue weighted by molar-refractivity contribution is 0.596. The van der Waals surface area contributed by atoms with Crippen molar-refractivity contribution in [2.24, 2.45) is 5.73 Å². The van der Waals surface area contributed by atoms with Crippen molar-refractivity contribution in [2.45, 2.75) is 13.0 Å². The van der Waals surface area contributed by atoms with E-state index in [4.69, 9.17) is 17.3 Å². The molecule has 0 amide bonds. The maximum absolute atomic E-state index is 14.0. The van der Waals surface area contributed by atoms with Crippen molar-refractivity contribution < 1.29 is 4.39 Å². The van der Waals surface area contributed by atoms with Gasteiger partial charge in [0.1, 0.15) is 5.82 Å². The highest BCUT2D eigenvalue weighted by Crippen LogP contribution is 2.31. The maximum Gasteiger partial charge on any atom is 0.148 e. The van der Waals surface area contributed by atoms with E-state index in [9.17, 15) is 4.39 Å². The fourth-order valence-corrected chi connectivity index (χ4v) is 2.15. The van der Waals surface area contributed by atoms with Crippen LogP contribution in [0.3, 0.4) is 0 Å². The maximum atomic E-state index is 14.0. The summed E-state index contributed by atoms with van der Waals surface area (Å²) in [5, 5.41) is 0.0376. The number of nitrogens with zero attached hydrogens (tertiary/aromatic N) is 1. The molecule has 1 aromatic carbocycles. The molecule has 2 rings (SSSR count). The summed E-state index contributed by atoms with van der Waals surface area (Å²) in [5.41, 5.74) is 8.01. The molecule has 0 radical (unpaired) electrons. The number of benzene rings is 1. The van der Waals surface area contributed by atoms with Crippen LogP contribution in [0.15, 0.2) is 34.9 Å². The van der Waals surface area contributed by atoms with Gasteiger partial charge in [0.15, 0.2) is 0 Å². The average molecular weight is 330 g/mol. The van der Waals surface area contributed by atoms with Crippen LogP contribution in [0.2, 0.25) is 5.02 Å². The summed E-state index contributed by atoms with van der Waals surface area (Å²) >= 11 is 9.02. The molecule has 0 saturated heterocycles. The van der Waals surface area contributed by atoms with E-state index in [-0.39, 0.29) is 5.02 Å². The molecule has 1 aromatic heterocycles. The topological polar surface area (TPSA) is 38.9 Å².